The molecule has 116 valence electrons. The van der Waals surface area contributed by atoms with Gasteiger partial charge in [-0.25, -0.2) is 4.79 Å². The van der Waals surface area contributed by atoms with E-state index in [1.165, 1.54) is 30.1 Å². The van der Waals surface area contributed by atoms with Gasteiger partial charge in [-0.2, -0.15) is 0 Å². The molecule has 1 heterocycles. The van der Waals surface area contributed by atoms with Gasteiger partial charge in [-0.15, -0.1) is 0 Å². The highest BCUT2D eigenvalue weighted by molar-refractivity contribution is 6.06. The Morgan fingerprint density at radius 3 is 2.64 bits per heavy atom. The topological polar surface area (TPSA) is 113 Å². The summed E-state index contributed by atoms with van der Waals surface area (Å²) in [5.74, 6) is -1.06. The third kappa shape index (κ3) is 3.03. The molecule has 1 aromatic carbocycles. The molecule has 0 aromatic heterocycles. The molecular formula is C13H14N4O5. The zero-order valence-corrected chi connectivity index (χ0v) is 12.0. The number of anilines is 1. The Hall–Kier alpha value is -2.97. The van der Waals surface area contributed by atoms with E-state index in [1.807, 2.05) is 0 Å². The Labute approximate surface area is 125 Å². The number of rotatable bonds is 4. The zero-order valence-electron chi connectivity index (χ0n) is 12.0. The number of benzene rings is 1. The molecular weight excluding hydrogens is 292 g/mol. The molecule has 1 N–H and O–H groups in total. The van der Waals surface area contributed by atoms with E-state index in [2.05, 4.69) is 5.32 Å². The Morgan fingerprint density at radius 2 is 2.09 bits per heavy atom. The summed E-state index contributed by atoms with van der Waals surface area (Å²) >= 11 is 0. The van der Waals surface area contributed by atoms with E-state index in [1.54, 1.807) is 6.92 Å². The lowest BCUT2D eigenvalue weighted by atomic mass is 10.2. The maximum absolute atomic E-state index is 12.0. The zero-order chi connectivity index (χ0) is 16.4. The van der Waals surface area contributed by atoms with Gasteiger partial charge in [-0.3, -0.25) is 24.6 Å². The average molecular weight is 306 g/mol. The number of aryl methyl sites for hydroxylation is 1. The smallest absolute Gasteiger partial charge is 0.324 e. The largest absolute Gasteiger partial charge is 0.327 e. The van der Waals surface area contributed by atoms with Gasteiger partial charge in [-0.05, 0) is 12.5 Å². The molecule has 22 heavy (non-hydrogen) atoms. The summed E-state index contributed by atoms with van der Waals surface area (Å²) in [5.41, 5.74) is 0.746. The Kier molecular flexibility index (Phi) is 4.06. The third-order valence-electron chi connectivity index (χ3n) is 3.24. The summed E-state index contributed by atoms with van der Waals surface area (Å²) in [7, 11) is 1.46. The van der Waals surface area contributed by atoms with Gasteiger partial charge in [0.25, 0.3) is 11.6 Å². The van der Waals surface area contributed by atoms with Gasteiger partial charge < -0.3 is 10.2 Å². The highest BCUT2D eigenvalue weighted by atomic mass is 16.6. The summed E-state index contributed by atoms with van der Waals surface area (Å²) in [6, 6.07) is 3.52. The average Bonchev–Trinajstić information content (AvgIpc) is 2.67. The van der Waals surface area contributed by atoms with Crippen LogP contribution in [0, 0.1) is 17.0 Å². The molecule has 1 aliphatic rings. The van der Waals surface area contributed by atoms with Crippen LogP contribution in [0.4, 0.5) is 16.2 Å². The Balaban J connectivity index is 2.09. The number of nitrogens with zero attached hydrogens (tertiary/aromatic N) is 3. The van der Waals surface area contributed by atoms with Crippen molar-refractivity contribution in [2.45, 2.75) is 6.92 Å². The molecule has 9 heteroatoms. The molecule has 0 unspecified atom stereocenters. The predicted molar refractivity (Wildman–Crippen MR) is 76.2 cm³/mol. The number of nitrogens with one attached hydrogen (secondary N) is 1. The normalized spacial score (nSPS) is 14.5. The first-order valence-corrected chi connectivity index (χ1v) is 6.40. The van der Waals surface area contributed by atoms with Gasteiger partial charge in [-0.1, -0.05) is 6.07 Å². The number of hydrogen-bond donors (Lipinski definition) is 1. The van der Waals surface area contributed by atoms with E-state index in [0.717, 1.165) is 4.90 Å². The lowest BCUT2D eigenvalue weighted by Crippen LogP contribution is -2.38. The summed E-state index contributed by atoms with van der Waals surface area (Å²) in [5, 5.41) is 13.2. The maximum Gasteiger partial charge on any atom is 0.327 e. The lowest BCUT2D eigenvalue weighted by Gasteiger charge is -2.14. The van der Waals surface area contributed by atoms with E-state index in [0.29, 0.717) is 5.56 Å². The van der Waals surface area contributed by atoms with Crippen LogP contribution >= 0.6 is 0 Å². The number of amides is 4. The van der Waals surface area contributed by atoms with Gasteiger partial charge in [0.2, 0.25) is 5.91 Å². The van der Waals surface area contributed by atoms with Crippen LogP contribution in [0.1, 0.15) is 5.56 Å². The molecule has 0 spiro atoms. The highest BCUT2D eigenvalue weighted by Gasteiger charge is 2.34. The Morgan fingerprint density at radius 1 is 1.41 bits per heavy atom. The summed E-state index contributed by atoms with van der Waals surface area (Å²) in [4.78, 5) is 47.4. The van der Waals surface area contributed by atoms with Crippen LogP contribution in [0.5, 0.6) is 0 Å². The second kappa shape index (κ2) is 5.80. The molecule has 0 aliphatic carbocycles. The van der Waals surface area contributed by atoms with Crippen molar-refractivity contribution in [1.29, 1.82) is 0 Å². The van der Waals surface area contributed by atoms with Crippen molar-refractivity contribution in [3.05, 3.63) is 33.9 Å². The first-order chi connectivity index (χ1) is 10.3. The van der Waals surface area contributed by atoms with E-state index < -0.39 is 29.3 Å². The van der Waals surface area contributed by atoms with E-state index in [4.69, 9.17) is 0 Å². The molecule has 1 saturated heterocycles. The summed E-state index contributed by atoms with van der Waals surface area (Å²) in [6.07, 6.45) is 0. The lowest BCUT2D eigenvalue weighted by molar-refractivity contribution is -0.384. The molecule has 1 aliphatic heterocycles. The predicted octanol–water partition coefficient (Wildman–Crippen LogP) is 0.736. The fourth-order valence-corrected chi connectivity index (χ4v) is 2.02. The summed E-state index contributed by atoms with van der Waals surface area (Å²) in [6.45, 7) is 1.19. The van der Waals surface area contributed by atoms with Crippen molar-refractivity contribution in [3.8, 4) is 0 Å². The Bertz CT molecular complexity index is 672. The fourth-order valence-electron chi connectivity index (χ4n) is 2.02. The van der Waals surface area contributed by atoms with Crippen LogP contribution in [0.2, 0.25) is 0 Å². The number of hydrogen-bond acceptors (Lipinski definition) is 5. The second-order valence-electron chi connectivity index (χ2n) is 4.92. The first kappa shape index (κ1) is 15.4. The van der Waals surface area contributed by atoms with E-state index in [9.17, 15) is 24.5 Å². The molecule has 1 fully saturated rings. The quantitative estimate of drug-likeness (QED) is 0.500. The van der Waals surface area contributed by atoms with Crippen molar-refractivity contribution >= 4 is 29.2 Å². The molecule has 0 radical (unpaired) electrons. The fraction of sp³-hybridized carbons (Fsp3) is 0.308. The second-order valence-corrected chi connectivity index (χ2v) is 4.92. The van der Waals surface area contributed by atoms with Crippen LogP contribution < -0.4 is 5.32 Å². The SMILES string of the molecule is Cc1ccc([N+](=O)[O-])cc1NC(=O)CN1C(=O)CN(C)C1=O. The van der Waals surface area contributed by atoms with Crippen molar-refractivity contribution in [2.24, 2.45) is 0 Å². The van der Waals surface area contributed by atoms with Crippen LogP contribution in [0.15, 0.2) is 18.2 Å². The minimum absolute atomic E-state index is 0.0675. The van der Waals surface area contributed by atoms with Gasteiger partial charge >= 0.3 is 6.03 Å². The molecule has 1 aromatic rings. The minimum Gasteiger partial charge on any atom is -0.324 e. The van der Waals surface area contributed by atoms with E-state index in [-0.39, 0.29) is 17.9 Å². The third-order valence-corrected chi connectivity index (χ3v) is 3.24. The minimum atomic E-state index is -0.597. The molecule has 0 atom stereocenters. The van der Waals surface area contributed by atoms with Crippen LogP contribution in [0.25, 0.3) is 0 Å². The van der Waals surface area contributed by atoms with Crippen LogP contribution in [-0.4, -0.2) is 52.7 Å². The van der Waals surface area contributed by atoms with E-state index >= 15 is 0 Å². The van der Waals surface area contributed by atoms with Crippen molar-refractivity contribution < 1.29 is 19.3 Å². The number of likely N-dealkylation sites (N-methyl/N-ethyl adjacent to an activating group) is 1. The molecule has 0 saturated carbocycles. The highest BCUT2D eigenvalue weighted by Crippen LogP contribution is 2.22. The molecule has 9 nitrogen and oxygen atoms in total. The van der Waals surface area contributed by atoms with Crippen molar-refractivity contribution in [2.75, 3.05) is 25.5 Å². The van der Waals surface area contributed by atoms with Crippen molar-refractivity contribution in [3.63, 3.8) is 0 Å². The maximum atomic E-state index is 12.0. The number of urea groups is 1. The molecule has 4 amide bonds. The number of carbonyl (C=O) groups excluding carboxylic acids is 3. The standard InChI is InChI=1S/C13H14N4O5/c1-8-3-4-9(17(21)22)5-10(8)14-11(18)6-16-12(19)7-15(2)13(16)20/h3-5H,6-7H2,1-2H3,(H,14,18). The van der Waals surface area contributed by atoms with Crippen LogP contribution in [0.3, 0.4) is 0 Å². The van der Waals surface area contributed by atoms with Gasteiger partial charge in [0, 0.05) is 19.2 Å². The number of nitro benzene ring substituents is 1. The summed E-state index contributed by atoms with van der Waals surface area (Å²) < 4.78 is 0. The number of nitro groups is 1. The van der Waals surface area contributed by atoms with Gasteiger partial charge in [0.05, 0.1) is 10.6 Å². The molecule has 2 rings (SSSR count). The number of carbonyl (C=O) groups is 3. The van der Waals surface area contributed by atoms with Gasteiger partial charge in [0.1, 0.15) is 13.1 Å². The first-order valence-electron chi connectivity index (χ1n) is 6.40. The van der Waals surface area contributed by atoms with Crippen LogP contribution in [-0.2, 0) is 9.59 Å². The van der Waals surface area contributed by atoms with Crippen molar-refractivity contribution in [1.82, 2.24) is 9.80 Å². The monoisotopic (exact) mass is 306 g/mol. The number of imide groups is 1. The van der Waals surface area contributed by atoms with Gasteiger partial charge in [0.15, 0.2) is 0 Å². The number of non-ortho nitro benzene ring substituents is 1. The molecule has 0 bridgehead atoms.